The van der Waals surface area contributed by atoms with Gasteiger partial charge in [-0.3, -0.25) is 0 Å². The number of rotatable bonds is 6. The summed E-state index contributed by atoms with van der Waals surface area (Å²) in [5.41, 5.74) is 9.90. The maximum absolute atomic E-state index is 9.78. The Kier molecular flexibility index (Phi) is 5.80. The van der Waals surface area contributed by atoms with Gasteiger partial charge in [0.1, 0.15) is 5.75 Å². The highest BCUT2D eigenvalue weighted by Gasteiger charge is 2.27. The SMILES string of the molecule is C=CC(O)C1CCOC(Cc2ccc(OC)c(N=[N+]=[N-])c2)O1. The van der Waals surface area contributed by atoms with Gasteiger partial charge >= 0.3 is 0 Å². The molecule has 118 valence electrons. The normalized spacial score (nSPS) is 22.5. The molecule has 22 heavy (non-hydrogen) atoms. The van der Waals surface area contributed by atoms with Crippen molar-refractivity contribution < 1.29 is 19.3 Å². The molecule has 7 heteroatoms. The predicted molar refractivity (Wildman–Crippen MR) is 80.9 cm³/mol. The summed E-state index contributed by atoms with van der Waals surface area (Å²) in [5.74, 6) is 0.506. The molecule has 1 N–H and O–H groups in total. The minimum atomic E-state index is -0.707. The number of aliphatic hydroxyl groups excluding tert-OH is 1. The molecule has 0 aromatic heterocycles. The molecular weight excluding hydrogens is 286 g/mol. The van der Waals surface area contributed by atoms with Crippen molar-refractivity contribution in [2.45, 2.75) is 31.3 Å². The number of methoxy groups -OCH3 is 1. The molecule has 1 saturated heterocycles. The minimum Gasteiger partial charge on any atom is -0.496 e. The van der Waals surface area contributed by atoms with Gasteiger partial charge in [0.25, 0.3) is 0 Å². The van der Waals surface area contributed by atoms with Gasteiger partial charge in [0, 0.05) is 17.8 Å². The first-order valence-electron chi connectivity index (χ1n) is 6.97. The molecule has 1 heterocycles. The van der Waals surface area contributed by atoms with E-state index in [4.69, 9.17) is 19.7 Å². The van der Waals surface area contributed by atoms with Gasteiger partial charge < -0.3 is 19.3 Å². The van der Waals surface area contributed by atoms with Crippen LogP contribution in [0.1, 0.15) is 12.0 Å². The first kappa shape index (κ1) is 16.3. The molecule has 1 aliphatic rings. The second-order valence-electron chi connectivity index (χ2n) is 4.89. The minimum absolute atomic E-state index is 0.314. The summed E-state index contributed by atoms with van der Waals surface area (Å²) in [5, 5.41) is 13.4. The van der Waals surface area contributed by atoms with Crippen molar-refractivity contribution in [1.29, 1.82) is 0 Å². The second-order valence-corrected chi connectivity index (χ2v) is 4.89. The highest BCUT2D eigenvalue weighted by atomic mass is 16.7. The largest absolute Gasteiger partial charge is 0.496 e. The van der Waals surface area contributed by atoms with E-state index in [2.05, 4.69) is 16.6 Å². The fraction of sp³-hybridized carbons (Fsp3) is 0.467. The van der Waals surface area contributed by atoms with E-state index in [0.717, 1.165) is 5.56 Å². The van der Waals surface area contributed by atoms with Crippen LogP contribution in [0.5, 0.6) is 5.75 Å². The average Bonchev–Trinajstić information content (AvgIpc) is 2.55. The lowest BCUT2D eigenvalue weighted by atomic mass is 10.1. The zero-order valence-corrected chi connectivity index (χ0v) is 12.4. The van der Waals surface area contributed by atoms with Crippen molar-refractivity contribution in [2.24, 2.45) is 5.11 Å². The number of hydrogen-bond acceptors (Lipinski definition) is 5. The van der Waals surface area contributed by atoms with Crippen LogP contribution >= 0.6 is 0 Å². The number of benzene rings is 1. The Morgan fingerprint density at radius 3 is 3.14 bits per heavy atom. The third kappa shape index (κ3) is 3.99. The first-order valence-corrected chi connectivity index (χ1v) is 6.97. The summed E-state index contributed by atoms with van der Waals surface area (Å²) in [4.78, 5) is 2.79. The smallest absolute Gasteiger partial charge is 0.162 e. The van der Waals surface area contributed by atoms with Crippen molar-refractivity contribution in [1.82, 2.24) is 0 Å². The lowest BCUT2D eigenvalue weighted by Crippen LogP contribution is -2.39. The van der Waals surface area contributed by atoms with E-state index in [0.29, 0.717) is 30.9 Å². The van der Waals surface area contributed by atoms with Gasteiger partial charge in [-0.1, -0.05) is 17.3 Å². The zero-order valence-electron chi connectivity index (χ0n) is 12.4. The molecule has 7 nitrogen and oxygen atoms in total. The van der Waals surface area contributed by atoms with Gasteiger partial charge in [0.2, 0.25) is 0 Å². The molecule has 0 saturated carbocycles. The summed E-state index contributed by atoms with van der Waals surface area (Å²) >= 11 is 0. The molecule has 1 aliphatic heterocycles. The van der Waals surface area contributed by atoms with Gasteiger partial charge in [-0.15, -0.1) is 6.58 Å². The maximum atomic E-state index is 9.78. The molecule has 1 aromatic rings. The Morgan fingerprint density at radius 1 is 1.64 bits per heavy atom. The first-order chi connectivity index (χ1) is 10.7. The van der Waals surface area contributed by atoms with E-state index < -0.39 is 12.4 Å². The third-order valence-corrected chi connectivity index (χ3v) is 3.45. The van der Waals surface area contributed by atoms with Crippen LogP contribution < -0.4 is 4.74 Å². The molecule has 2 rings (SSSR count). The molecule has 3 unspecified atom stereocenters. The van der Waals surface area contributed by atoms with Crippen molar-refractivity contribution in [3.8, 4) is 5.75 Å². The molecule has 0 spiro atoms. The highest BCUT2D eigenvalue weighted by Crippen LogP contribution is 2.30. The molecule has 0 radical (unpaired) electrons. The lowest BCUT2D eigenvalue weighted by molar-refractivity contribution is -0.226. The lowest BCUT2D eigenvalue weighted by Gasteiger charge is -2.32. The topological polar surface area (TPSA) is 96.7 Å². The van der Waals surface area contributed by atoms with Crippen LogP contribution in [0.2, 0.25) is 0 Å². The maximum Gasteiger partial charge on any atom is 0.162 e. The number of nitrogens with zero attached hydrogens (tertiary/aromatic N) is 3. The van der Waals surface area contributed by atoms with E-state index in [9.17, 15) is 5.11 Å². The Morgan fingerprint density at radius 2 is 2.45 bits per heavy atom. The second kappa shape index (κ2) is 7.82. The Labute approximate surface area is 128 Å². The van der Waals surface area contributed by atoms with Gasteiger partial charge in [0.05, 0.1) is 31.6 Å². The highest BCUT2D eigenvalue weighted by molar-refractivity contribution is 5.53. The van der Waals surface area contributed by atoms with E-state index in [1.54, 1.807) is 12.1 Å². The standard InChI is InChI=1S/C15H19N3O4/c1-3-12(19)14-6-7-21-15(22-14)9-10-4-5-13(20-2)11(8-10)17-18-16/h3-5,8,12,14-15,19H,1,6-7,9H2,2H3. The summed E-state index contributed by atoms with van der Waals surface area (Å²) in [6, 6.07) is 5.33. The van der Waals surface area contributed by atoms with Gasteiger partial charge in [-0.25, -0.2) is 0 Å². The van der Waals surface area contributed by atoms with Crippen LogP contribution in [0, 0.1) is 0 Å². The molecule has 0 amide bonds. The van der Waals surface area contributed by atoms with Gasteiger partial charge in [-0.05, 0) is 23.2 Å². The summed E-state index contributed by atoms with van der Waals surface area (Å²) in [6.07, 6.45) is 1.09. The summed E-state index contributed by atoms with van der Waals surface area (Å²) in [7, 11) is 1.51. The molecular formula is C15H19N3O4. The molecule has 1 fully saturated rings. The molecule has 0 aliphatic carbocycles. The van der Waals surface area contributed by atoms with Crippen LogP contribution in [0.4, 0.5) is 5.69 Å². The van der Waals surface area contributed by atoms with Crippen LogP contribution in [0.3, 0.4) is 0 Å². The zero-order chi connectivity index (χ0) is 15.9. The van der Waals surface area contributed by atoms with Crippen LogP contribution in [0.25, 0.3) is 10.4 Å². The number of azide groups is 1. The fourth-order valence-electron chi connectivity index (χ4n) is 2.31. The molecule has 3 atom stereocenters. The van der Waals surface area contributed by atoms with Gasteiger partial charge in [-0.2, -0.15) is 0 Å². The Bertz CT molecular complexity index is 572. The Hall–Kier alpha value is -2.05. The van der Waals surface area contributed by atoms with E-state index in [1.165, 1.54) is 13.2 Å². The monoisotopic (exact) mass is 305 g/mol. The summed E-state index contributed by atoms with van der Waals surface area (Å²) < 4.78 is 16.4. The molecule has 0 bridgehead atoms. The third-order valence-electron chi connectivity index (χ3n) is 3.45. The number of ether oxygens (including phenoxy) is 3. The molecule has 1 aromatic carbocycles. The van der Waals surface area contributed by atoms with Crippen molar-refractivity contribution >= 4 is 5.69 Å². The number of aliphatic hydroxyl groups is 1. The van der Waals surface area contributed by atoms with Crippen LogP contribution in [-0.4, -0.2) is 37.3 Å². The van der Waals surface area contributed by atoms with Crippen LogP contribution in [-0.2, 0) is 15.9 Å². The Balaban J connectivity index is 2.08. The fourth-order valence-corrected chi connectivity index (χ4v) is 2.31. The van der Waals surface area contributed by atoms with E-state index >= 15 is 0 Å². The van der Waals surface area contributed by atoms with Crippen molar-refractivity contribution in [3.63, 3.8) is 0 Å². The van der Waals surface area contributed by atoms with Crippen LogP contribution in [0.15, 0.2) is 36.0 Å². The van der Waals surface area contributed by atoms with Crippen molar-refractivity contribution in [3.05, 3.63) is 46.9 Å². The predicted octanol–water partition coefficient (Wildman–Crippen LogP) is 2.86. The van der Waals surface area contributed by atoms with E-state index in [1.807, 2.05) is 6.07 Å². The van der Waals surface area contributed by atoms with Crippen molar-refractivity contribution in [2.75, 3.05) is 13.7 Å². The van der Waals surface area contributed by atoms with E-state index in [-0.39, 0.29) is 6.10 Å². The van der Waals surface area contributed by atoms with Gasteiger partial charge in [0.15, 0.2) is 6.29 Å². The number of hydrogen-bond donors (Lipinski definition) is 1. The average molecular weight is 305 g/mol. The quantitative estimate of drug-likeness (QED) is 0.378. The summed E-state index contributed by atoms with van der Waals surface area (Å²) in [6.45, 7) is 4.08.